The molecule has 0 fully saturated rings. The molecule has 0 heterocycles. The minimum atomic E-state index is -0.807. The lowest BCUT2D eigenvalue weighted by atomic mass is 10.1. The van der Waals surface area contributed by atoms with Crippen LogP contribution in [0.4, 0.5) is 5.69 Å². The molecule has 1 rings (SSSR count). The van der Waals surface area contributed by atoms with Gasteiger partial charge in [0.25, 0.3) is 5.91 Å². The zero-order valence-electron chi connectivity index (χ0n) is 9.00. The van der Waals surface area contributed by atoms with Crippen molar-refractivity contribution in [1.82, 2.24) is 0 Å². The summed E-state index contributed by atoms with van der Waals surface area (Å²) in [5.41, 5.74) is 0.00655. The second-order valence-corrected chi connectivity index (χ2v) is 4.81. The van der Waals surface area contributed by atoms with Gasteiger partial charge in [-0.2, -0.15) is 0 Å². The van der Waals surface area contributed by atoms with Crippen molar-refractivity contribution in [3.63, 3.8) is 0 Å². The number of methoxy groups -OCH3 is 1. The minimum Gasteiger partial charge on any atom is -0.369 e. The fourth-order valence-electron chi connectivity index (χ4n) is 0.928. The highest BCUT2D eigenvalue weighted by Crippen LogP contribution is 2.19. The molecular formula is C11H14INO2. The number of carbonyl (C=O) groups excluding carboxylic acids is 1. The molecule has 0 spiro atoms. The monoisotopic (exact) mass is 319 g/mol. The van der Waals surface area contributed by atoms with Crippen molar-refractivity contribution in [1.29, 1.82) is 0 Å². The van der Waals surface area contributed by atoms with Crippen molar-refractivity contribution >= 4 is 34.2 Å². The Kier molecular flexibility index (Phi) is 4.10. The number of halogens is 1. The lowest BCUT2D eigenvalue weighted by molar-refractivity contribution is -0.133. The van der Waals surface area contributed by atoms with E-state index in [-0.39, 0.29) is 5.91 Å². The molecule has 0 bridgehead atoms. The van der Waals surface area contributed by atoms with Crippen LogP contribution < -0.4 is 5.32 Å². The van der Waals surface area contributed by atoms with E-state index in [0.717, 1.165) is 9.26 Å². The first-order chi connectivity index (χ1) is 6.97. The molecule has 0 unspecified atom stereocenters. The quantitative estimate of drug-likeness (QED) is 0.870. The van der Waals surface area contributed by atoms with E-state index < -0.39 is 5.60 Å². The molecular weight excluding hydrogens is 305 g/mol. The van der Waals surface area contributed by atoms with Crippen molar-refractivity contribution in [3.8, 4) is 0 Å². The van der Waals surface area contributed by atoms with Gasteiger partial charge in [-0.15, -0.1) is 0 Å². The maximum atomic E-state index is 11.8. The first kappa shape index (κ1) is 12.4. The number of nitrogens with one attached hydrogen (secondary N) is 1. The van der Waals surface area contributed by atoms with Crippen molar-refractivity contribution in [2.45, 2.75) is 19.4 Å². The largest absolute Gasteiger partial charge is 0.369 e. The van der Waals surface area contributed by atoms with Crippen LogP contribution in [0.2, 0.25) is 0 Å². The van der Waals surface area contributed by atoms with Crippen LogP contribution >= 0.6 is 22.6 Å². The summed E-state index contributed by atoms with van der Waals surface area (Å²) in [7, 11) is 1.52. The number of benzene rings is 1. The summed E-state index contributed by atoms with van der Waals surface area (Å²) >= 11 is 2.18. The van der Waals surface area contributed by atoms with Crippen LogP contribution in [0.3, 0.4) is 0 Å². The smallest absolute Gasteiger partial charge is 0.256 e. The molecule has 0 saturated carbocycles. The van der Waals surface area contributed by atoms with Gasteiger partial charge in [0.2, 0.25) is 0 Å². The van der Waals surface area contributed by atoms with Gasteiger partial charge in [0.1, 0.15) is 5.60 Å². The fraction of sp³-hybridized carbons (Fsp3) is 0.364. The first-order valence-electron chi connectivity index (χ1n) is 4.58. The van der Waals surface area contributed by atoms with Gasteiger partial charge >= 0.3 is 0 Å². The summed E-state index contributed by atoms with van der Waals surface area (Å²) in [5.74, 6) is -0.144. The average Bonchev–Trinajstić information content (AvgIpc) is 2.21. The minimum absolute atomic E-state index is 0.144. The number of para-hydroxylation sites is 1. The van der Waals surface area contributed by atoms with Crippen molar-refractivity contribution < 1.29 is 9.53 Å². The number of ether oxygens (including phenoxy) is 1. The highest BCUT2D eigenvalue weighted by atomic mass is 127. The Morgan fingerprint density at radius 3 is 2.53 bits per heavy atom. The summed E-state index contributed by atoms with van der Waals surface area (Å²) in [4.78, 5) is 11.8. The van der Waals surface area contributed by atoms with E-state index >= 15 is 0 Å². The molecule has 1 amide bonds. The van der Waals surface area contributed by atoms with E-state index in [1.165, 1.54) is 7.11 Å². The van der Waals surface area contributed by atoms with E-state index in [1.807, 2.05) is 24.3 Å². The third-order valence-electron chi connectivity index (χ3n) is 2.18. The molecule has 0 aliphatic heterocycles. The fourth-order valence-corrected chi connectivity index (χ4v) is 1.45. The van der Waals surface area contributed by atoms with Gasteiger partial charge in [0.05, 0.1) is 5.69 Å². The van der Waals surface area contributed by atoms with Gasteiger partial charge in [-0.3, -0.25) is 4.79 Å². The third-order valence-corrected chi connectivity index (χ3v) is 3.12. The van der Waals surface area contributed by atoms with Crippen LogP contribution in [0, 0.1) is 3.57 Å². The Morgan fingerprint density at radius 1 is 1.40 bits per heavy atom. The Morgan fingerprint density at radius 2 is 2.00 bits per heavy atom. The summed E-state index contributed by atoms with van der Waals surface area (Å²) < 4.78 is 6.11. The highest BCUT2D eigenvalue weighted by Gasteiger charge is 2.27. The van der Waals surface area contributed by atoms with Crippen molar-refractivity contribution in [2.24, 2.45) is 0 Å². The average molecular weight is 319 g/mol. The molecule has 82 valence electrons. The van der Waals surface area contributed by atoms with Crippen LogP contribution in [-0.4, -0.2) is 18.6 Å². The van der Waals surface area contributed by atoms with Crippen LogP contribution in [0.25, 0.3) is 0 Å². The number of rotatable bonds is 3. The van der Waals surface area contributed by atoms with E-state index in [0.29, 0.717) is 0 Å². The molecule has 0 saturated heterocycles. The Balaban J connectivity index is 2.80. The molecule has 4 heteroatoms. The summed E-state index contributed by atoms with van der Waals surface area (Å²) in [6.45, 7) is 3.47. The Hall–Kier alpha value is -0.620. The normalized spacial score (nSPS) is 11.2. The molecule has 0 atom stereocenters. The number of carbonyl (C=O) groups is 1. The molecule has 1 aromatic carbocycles. The zero-order valence-corrected chi connectivity index (χ0v) is 11.2. The van der Waals surface area contributed by atoms with Crippen LogP contribution in [-0.2, 0) is 9.53 Å². The van der Waals surface area contributed by atoms with E-state index in [2.05, 4.69) is 27.9 Å². The van der Waals surface area contributed by atoms with Gasteiger partial charge < -0.3 is 10.1 Å². The molecule has 0 aromatic heterocycles. The maximum Gasteiger partial charge on any atom is 0.256 e. The molecule has 1 N–H and O–H groups in total. The Labute approximate surface area is 103 Å². The molecule has 0 radical (unpaired) electrons. The lowest BCUT2D eigenvalue weighted by Crippen LogP contribution is -2.38. The van der Waals surface area contributed by atoms with E-state index in [4.69, 9.17) is 4.74 Å². The SMILES string of the molecule is COC(C)(C)C(=O)Nc1ccccc1I. The number of hydrogen-bond donors (Lipinski definition) is 1. The summed E-state index contributed by atoms with van der Waals surface area (Å²) in [6.07, 6.45) is 0. The molecule has 0 aliphatic carbocycles. The first-order valence-corrected chi connectivity index (χ1v) is 5.66. The standard InChI is InChI=1S/C11H14INO2/c1-11(2,15-3)10(14)13-9-7-5-4-6-8(9)12/h4-7H,1-3H3,(H,13,14). The number of hydrogen-bond acceptors (Lipinski definition) is 2. The van der Waals surface area contributed by atoms with Crippen LogP contribution in [0.15, 0.2) is 24.3 Å². The highest BCUT2D eigenvalue weighted by molar-refractivity contribution is 14.1. The Bertz CT molecular complexity index is 363. The summed E-state index contributed by atoms with van der Waals surface area (Å²) in [5, 5.41) is 2.83. The third kappa shape index (κ3) is 3.17. The summed E-state index contributed by atoms with van der Waals surface area (Å²) in [6, 6.07) is 7.62. The molecule has 1 aromatic rings. The van der Waals surface area contributed by atoms with Crippen molar-refractivity contribution in [3.05, 3.63) is 27.8 Å². The lowest BCUT2D eigenvalue weighted by Gasteiger charge is -2.22. The predicted molar refractivity (Wildman–Crippen MR) is 68.9 cm³/mol. The molecule has 3 nitrogen and oxygen atoms in total. The maximum absolute atomic E-state index is 11.8. The zero-order chi connectivity index (χ0) is 11.5. The van der Waals surface area contributed by atoms with E-state index in [9.17, 15) is 4.79 Å². The number of amides is 1. The predicted octanol–water partition coefficient (Wildman–Crippen LogP) is 2.65. The van der Waals surface area contributed by atoms with Gasteiger partial charge in [0.15, 0.2) is 0 Å². The van der Waals surface area contributed by atoms with Gasteiger partial charge in [-0.05, 0) is 48.6 Å². The molecule has 15 heavy (non-hydrogen) atoms. The van der Waals surface area contributed by atoms with E-state index in [1.54, 1.807) is 13.8 Å². The van der Waals surface area contributed by atoms with Crippen molar-refractivity contribution in [2.75, 3.05) is 12.4 Å². The van der Waals surface area contributed by atoms with Gasteiger partial charge in [-0.25, -0.2) is 0 Å². The molecule has 0 aliphatic rings. The second kappa shape index (κ2) is 4.94. The second-order valence-electron chi connectivity index (χ2n) is 3.65. The van der Waals surface area contributed by atoms with Crippen LogP contribution in [0.5, 0.6) is 0 Å². The topological polar surface area (TPSA) is 38.3 Å². The van der Waals surface area contributed by atoms with Gasteiger partial charge in [-0.1, -0.05) is 12.1 Å². The van der Waals surface area contributed by atoms with Crippen LogP contribution in [0.1, 0.15) is 13.8 Å². The van der Waals surface area contributed by atoms with Gasteiger partial charge in [0, 0.05) is 10.7 Å². The number of anilines is 1.